The molecule has 0 saturated heterocycles. The molecule has 44 heavy (non-hydrogen) atoms. The van der Waals surface area contributed by atoms with Crippen molar-refractivity contribution in [3.63, 3.8) is 0 Å². The van der Waals surface area contributed by atoms with E-state index in [2.05, 4.69) is 107 Å². The number of aliphatic hydroxyl groups excluding tert-OH is 1. The molecule has 0 saturated carbocycles. The van der Waals surface area contributed by atoms with Crippen LogP contribution in [-0.4, -0.2) is 31.0 Å². The lowest BCUT2D eigenvalue weighted by Gasteiger charge is -2.27. The minimum Gasteiger partial charge on any atom is -0.490 e. The van der Waals surface area contributed by atoms with Crippen molar-refractivity contribution in [2.24, 2.45) is 0 Å². The normalized spacial score (nSPS) is 14.5. The first-order chi connectivity index (χ1) is 21.4. The van der Waals surface area contributed by atoms with Crippen molar-refractivity contribution >= 4 is 0 Å². The van der Waals surface area contributed by atoms with Gasteiger partial charge in [-0.05, 0) is 41.5 Å². The fourth-order valence-corrected chi connectivity index (χ4v) is 5.38. The van der Waals surface area contributed by atoms with Crippen LogP contribution in [0.4, 0.5) is 0 Å². The van der Waals surface area contributed by atoms with Crippen LogP contribution in [-0.2, 0) is 4.74 Å². The van der Waals surface area contributed by atoms with Crippen molar-refractivity contribution in [2.45, 2.75) is 63.9 Å². The van der Waals surface area contributed by atoms with Gasteiger partial charge >= 0.3 is 0 Å². The molecule has 0 aliphatic rings. The minimum absolute atomic E-state index is 0.0651. The summed E-state index contributed by atoms with van der Waals surface area (Å²) < 4.78 is 12.3. The quantitative estimate of drug-likeness (QED) is 0.0858. The summed E-state index contributed by atoms with van der Waals surface area (Å²) in [4.78, 5) is 0. The van der Waals surface area contributed by atoms with Gasteiger partial charge in [0.2, 0.25) is 0 Å². The summed E-state index contributed by atoms with van der Waals surface area (Å²) in [5.41, 5.74) is 6.88. The van der Waals surface area contributed by atoms with Crippen molar-refractivity contribution in [1.29, 1.82) is 0 Å². The number of aliphatic hydroxyl groups is 1. The molecule has 3 aromatic carbocycles. The number of allylic oxidation sites excluding steroid dienone is 6. The van der Waals surface area contributed by atoms with Crippen LogP contribution in [0.1, 0.15) is 85.6 Å². The molecule has 3 aromatic rings. The van der Waals surface area contributed by atoms with E-state index in [1.807, 2.05) is 42.5 Å². The van der Waals surface area contributed by atoms with Gasteiger partial charge in [0.1, 0.15) is 18.5 Å². The summed E-state index contributed by atoms with van der Waals surface area (Å²) >= 11 is 0. The van der Waals surface area contributed by atoms with Crippen LogP contribution in [0, 0.1) is 0 Å². The van der Waals surface area contributed by atoms with Gasteiger partial charge in [-0.2, -0.15) is 0 Å². The van der Waals surface area contributed by atoms with Crippen LogP contribution in [0.2, 0.25) is 0 Å². The zero-order chi connectivity index (χ0) is 31.7. The van der Waals surface area contributed by atoms with Gasteiger partial charge in [0.15, 0.2) is 0 Å². The van der Waals surface area contributed by atoms with E-state index in [-0.39, 0.29) is 31.0 Å². The largest absolute Gasteiger partial charge is 0.490 e. The maximum atomic E-state index is 10.9. The Morgan fingerprint density at radius 2 is 1.36 bits per heavy atom. The summed E-state index contributed by atoms with van der Waals surface area (Å²) in [6.45, 7) is 19.2. The van der Waals surface area contributed by atoms with Crippen molar-refractivity contribution in [1.82, 2.24) is 0 Å². The van der Waals surface area contributed by atoms with E-state index in [0.29, 0.717) is 6.61 Å². The Kier molecular flexibility index (Phi) is 14.7. The molecule has 0 aliphatic heterocycles. The van der Waals surface area contributed by atoms with E-state index < -0.39 is 6.10 Å². The average molecular weight is 591 g/mol. The molecule has 3 rings (SSSR count). The number of rotatable bonds is 19. The first-order valence-electron chi connectivity index (χ1n) is 15.8. The highest BCUT2D eigenvalue weighted by Gasteiger charge is 2.25. The smallest absolute Gasteiger partial charge is 0.127 e. The summed E-state index contributed by atoms with van der Waals surface area (Å²) in [7, 11) is 0. The van der Waals surface area contributed by atoms with Gasteiger partial charge in [0.25, 0.3) is 0 Å². The van der Waals surface area contributed by atoms with E-state index in [1.54, 1.807) is 0 Å². The Morgan fingerprint density at radius 3 is 1.89 bits per heavy atom. The van der Waals surface area contributed by atoms with Crippen LogP contribution in [0.15, 0.2) is 135 Å². The van der Waals surface area contributed by atoms with Crippen LogP contribution in [0.25, 0.3) is 0 Å². The summed E-state index contributed by atoms with van der Waals surface area (Å²) in [6, 6.07) is 25.5. The Balaban J connectivity index is 1.99. The molecule has 0 radical (unpaired) electrons. The molecule has 0 spiro atoms. The van der Waals surface area contributed by atoms with Gasteiger partial charge in [0, 0.05) is 28.9 Å². The molecule has 0 aliphatic carbocycles. The second-order valence-corrected chi connectivity index (χ2v) is 11.3. The van der Waals surface area contributed by atoms with Gasteiger partial charge in [-0.15, -0.1) is 6.58 Å². The molecule has 3 heteroatoms. The molecule has 4 unspecified atom stereocenters. The fraction of sp³-hybridized carbons (Fsp3) is 0.317. The summed E-state index contributed by atoms with van der Waals surface area (Å²) in [5.74, 6) is 1.06. The zero-order valence-electron chi connectivity index (χ0n) is 26.8. The van der Waals surface area contributed by atoms with Crippen LogP contribution in [0.5, 0.6) is 5.75 Å². The summed E-state index contributed by atoms with van der Waals surface area (Å²) in [5, 5.41) is 10.9. The SMILES string of the molecule is C=C/C=C(\C=C)C(C)c1cc(C(C)c2ccccc2)c(OCC(O)COC/C=C/CCCC=C)c(C(C)c2ccccc2)c1. The number of hydrogen-bond acceptors (Lipinski definition) is 3. The van der Waals surface area contributed by atoms with Gasteiger partial charge in [-0.3, -0.25) is 0 Å². The molecule has 232 valence electrons. The maximum absolute atomic E-state index is 10.9. The van der Waals surface area contributed by atoms with Gasteiger partial charge in [-0.1, -0.05) is 143 Å². The van der Waals surface area contributed by atoms with Gasteiger partial charge in [-0.25, -0.2) is 0 Å². The predicted octanol–water partition coefficient (Wildman–Crippen LogP) is 10.1. The van der Waals surface area contributed by atoms with Crippen LogP contribution >= 0.6 is 0 Å². The topological polar surface area (TPSA) is 38.7 Å². The fourth-order valence-electron chi connectivity index (χ4n) is 5.38. The average Bonchev–Trinajstić information content (AvgIpc) is 3.06. The molecule has 0 amide bonds. The van der Waals surface area contributed by atoms with Crippen LogP contribution < -0.4 is 4.74 Å². The standard InChI is InChI=1S/C41H50O3/c1-7-10-11-12-13-20-26-43-29-38(42)30-44-41-39(32(5)35-22-16-14-17-23-35)27-37(31(4)34(9-3)21-8-2)28-40(41)33(6)36-24-18-15-19-25-36/h7-9,13-25,27-28,31-33,38,42H,1-3,10-12,26,29-30H2,4-6H3/b20-13+,34-21+. The molecule has 4 atom stereocenters. The van der Waals surface area contributed by atoms with Crippen molar-refractivity contribution < 1.29 is 14.6 Å². The van der Waals surface area contributed by atoms with E-state index in [9.17, 15) is 5.11 Å². The lowest BCUT2D eigenvalue weighted by atomic mass is 9.81. The molecule has 0 heterocycles. The van der Waals surface area contributed by atoms with Crippen molar-refractivity contribution in [2.75, 3.05) is 19.8 Å². The lowest BCUT2D eigenvalue weighted by Crippen LogP contribution is -2.24. The maximum Gasteiger partial charge on any atom is 0.127 e. The van der Waals surface area contributed by atoms with E-state index >= 15 is 0 Å². The second kappa shape index (κ2) is 18.7. The van der Waals surface area contributed by atoms with Gasteiger partial charge in [0.05, 0.1) is 13.2 Å². The van der Waals surface area contributed by atoms with Crippen LogP contribution in [0.3, 0.4) is 0 Å². The highest BCUT2D eigenvalue weighted by molar-refractivity contribution is 5.54. The highest BCUT2D eigenvalue weighted by atomic mass is 16.5. The Hall–Kier alpha value is -3.92. The molecule has 0 aromatic heterocycles. The molecule has 0 fully saturated rings. The molecular formula is C41H50O3. The molecule has 0 bridgehead atoms. The number of unbranched alkanes of at least 4 members (excludes halogenated alkanes) is 2. The number of benzene rings is 3. The van der Waals surface area contributed by atoms with Crippen molar-refractivity contribution in [3.05, 3.63) is 162 Å². The highest BCUT2D eigenvalue weighted by Crippen LogP contribution is 2.43. The third-order valence-electron chi connectivity index (χ3n) is 8.14. The van der Waals surface area contributed by atoms with Crippen molar-refractivity contribution in [3.8, 4) is 5.75 Å². The van der Waals surface area contributed by atoms with E-state index in [1.165, 1.54) is 16.7 Å². The lowest BCUT2D eigenvalue weighted by molar-refractivity contribution is 0.0208. The Morgan fingerprint density at radius 1 is 0.773 bits per heavy atom. The number of ether oxygens (including phenoxy) is 2. The zero-order valence-corrected chi connectivity index (χ0v) is 26.8. The Labute approximate surface area is 266 Å². The third kappa shape index (κ3) is 10.1. The first kappa shape index (κ1) is 34.6. The molecule has 1 N–H and O–H groups in total. The van der Waals surface area contributed by atoms with Gasteiger partial charge < -0.3 is 14.6 Å². The first-order valence-corrected chi connectivity index (χ1v) is 15.8. The monoisotopic (exact) mass is 590 g/mol. The Bertz CT molecular complexity index is 1300. The predicted molar refractivity (Wildman–Crippen MR) is 187 cm³/mol. The third-order valence-corrected chi connectivity index (χ3v) is 8.14. The molecule has 3 nitrogen and oxygen atoms in total. The van der Waals surface area contributed by atoms with E-state index in [0.717, 1.165) is 41.7 Å². The van der Waals surface area contributed by atoms with E-state index in [4.69, 9.17) is 9.47 Å². The number of hydrogen-bond donors (Lipinski definition) is 1. The minimum atomic E-state index is -0.759. The molecular weight excluding hydrogens is 540 g/mol. The summed E-state index contributed by atoms with van der Waals surface area (Å²) in [6.07, 6.45) is 14.1. The second-order valence-electron chi connectivity index (χ2n) is 11.3.